The van der Waals surface area contributed by atoms with Crippen molar-refractivity contribution in [3.05, 3.63) is 45.6 Å². The Morgan fingerprint density at radius 3 is 2.96 bits per heavy atom. The first-order chi connectivity index (χ1) is 11.1. The van der Waals surface area contributed by atoms with Gasteiger partial charge in [-0.3, -0.25) is 10.1 Å². The number of hydrogen-bond donors (Lipinski definition) is 1. The van der Waals surface area contributed by atoms with E-state index in [1.54, 1.807) is 19.2 Å². The smallest absolute Gasteiger partial charge is 0.322 e. The molecule has 1 N–H and O–H groups in total. The third kappa shape index (κ3) is 3.88. The molecule has 3 aromatic rings. The third-order valence-electron chi connectivity index (χ3n) is 2.95. The van der Waals surface area contributed by atoms with E-state index in [2.05, 4.69) is 15.5 Å². The van der Waals surface area contributed by atoms with E-state index >= 15 is 0 Å². The topological polar surface area (TPSA) is 77.3 Å². The molecule has 2 heterocycles. The summed E-state index contributed by atoms with van der Waals surface area (Å²) in [4.78, 5) is 12.8. The monoisotopic (exact) mass is 349 g/mol. The molecule has 0 aliphatic heterocycles. The number of anilines is 1. The maximum absolute atomic E-state index is 11.9. The van der Waals surface area contributed by atoms with Gasteiger partial charge in [0.25, 0.3) is 0 Å². The Bertz CT molecular complexity index is 831. The summed E-state index contributed by atoms with van der Waals surface area (Å²) in [6, 6.07) is 10.8. The first kappa shape index (κ1) is 15.5. The number of thiophene rings is 1. The molecular weight excluding hydrogens is 338 g/mol. The standard InChI is InChI=1S/C15H12ClN3O3S/c1-21-10-4-2-3-9(7-10)14-18-19-15(22-14)17-13(20)8-11-5-6-12(16)23-11/h2-7H,8H2,1H3,(H,17,19,20). The minimum Gasteiger partial charge on any atom is -0.497 e. The summed E-state index contributed by atoms with van der Waals surface area (Å²) < 4.78 is 11.2. The number of rotatable bonds is 5. The number of carbonyl (C=O) groups is 1. The molecule has 0 saturated carbocycles. The number of carbonyl (C=O) groups excluding carboxylic acids is 1. The van der Waals surface area contributed by atoms with Gasteiger partial charge in [0.05, 0.1) is 17.9 Å². The molecule has 0 fully saturated rings. The Morgan fingerprint density at radius 1 is 1.35 bits per heavy atom. The molecule has 23 heavy (non-hydrogen) atoms. The summed E-state index contributed by atoms with van der Waals surface area (Å²) in [6.07, 6.45) is 0.203. The number of ether oxygens (including phenoxy) is 1. The lowest BCUT2D eigenvalue weighted by Crippen LogP contribution is -2.13. The summed E-state index contributed by atoms with van der Waals surface area (Å²) in [6.45, 7) is 0. The van der Waals surface area contributed by atoms with E-state index in [1.165, 1.54) is 11.3 Å². The van der Waals surface area contributed by atoms with Gasteiger partial charge in [-0.1, -0.05) is 22.8 Å². The molecule has 2 aromatic heterocycles. The Labute approximate surface area is 141 Å². The summed E-state index contributed by atoms with van der Waals surface area (Å²) >= 11 is 7.19. The van der Waals surface area contributed by atoms with E-state index in [-0.39, 0.29) is 18.3 Å². The second kappa shape index (κ2) is 6.80. The van der Waals surface area contributed by atoms with Crippen molar-refractivity contribution in [2.24, 2.45) is 0 Å². The average molecular weight is 350 g/mol. The SMILES string of the molecule is COc1cccc(-c2nnc(NC(=O)Cc3ccc(Cl)s3)o2)c1. The molecule has 3 rings (SSSR count). The Balaban J connectivity index is 1.68. The second-order valence-corrected chi connectivity index (χ2v) is 6.37. The van der Waals surface area contributed by atoms with Crippen LogP contribution in [0.5, 0.6) is 5.75 Å². The lowest BCUT2D eigenvalue weighted by atomic mass is 10.2. The van der Waals surface area contributed by atoms with Crippen molar-refractivity contribution in [2.75, 3.05) is 12.4 Å². The van der Waals surface area contributed by atoms with Gasteiger partial charge in [0.2, 0.25) is 11.8 Å². The lowest BCUT2D eigenvalue weighted by molar-refractivity contribution is -0.115. The zero-order valence-corrected chi connectivity index (χ0v) is 13.6. The van der Waals surface area contributed by atoms with Crippen LogP contribution < -0.4 is 10.1 Å². The highest BCUT2D eigenvalue weighted by atomic mass is 35.5. The number of aromatic nitrogens is 2. The molecular formula is C15H12ClN3O3S. The molecule has 0 unspecified atom stereocenters. The summed E-state index contributed by atoms with van der Waals surface area (Å²) in [5.41, 5.74) is 0.711. The number of nitrogens with zero attached hydrogens (tertiary/aromatic N) is 2. The quantitative estimate of drug-likeness (QED) is 0.760. The summed E-state index contributed by atoms with van der Waals surface area (Å²) in [5, 5.41) is 10.3. The van der Waals surface area contributed by atoms with Crippen LogP contribution in [-0.2, 0) is 11.2 Å². The van der Waals surface area contributed by atoms with Crippen LogP contribution in [0.3, 0.4) is 0 Å². The maximum Gasteiger partial charge on any atom is 0.322 e. The van der Waals surface area contributed by atoms with Gasteiger partial charge in [-0.25, -0.2) is 0 Å². The fourth-order valence-corrected chi connectivity index (χ4v) is 3.00. The highest BCUT2D eigenvalue weighted by molar-refractivity contribution is 7.16. The predicted molar refractivity (Wildman–Crippen MR) is 87.9 cm³/mol. The van der Waals surface area contributed by atoms with Crippen LogP contribution in [0, 0.1) is 0 Å². The van der Waals surface area contributed by atoms with Crippen LogP contribution in [0.1, 0.15) is 4.88 Å². The number of methoxy groups -OCH3 is 1. The number of nitrogens with one attached hydrogen (secondary N) is 1. The summed E-state index contributed by atoms with van der Waals surface area (Å²) in [5.74, 6) is 0.739. The Morgan fingerprint density at radius 2 is 2.22 bits per heavy atom. The zero-order valence-electron chi connectivity index (χ0n) is 12.1. The molecule has 8 heteroatoms. The average Bonchev–Trinajstić information content (AvgIpc) is 3.16. The van der Waals surface area contributed by atoms with E-state index in [0.29, 0.717) is 21.5 Å². The van der Waals surface area contributed by atoms with Crippen molar-refractivity contribution in [2.45, 2.75) is 6.42 Å². The number of benzene rings is 1. The third-order valence-corrected chi connectivity index (χ3v) is 4.18. The van der Waals surface area contributed by atoms with Crippen LogP contribution in [0.25, 0.3) is 11.5 Å². The minimum atomic E-state index is -0.246. The van der Waals surface area contributed by atoms with Gasteiger partial charge in [-0.2, -0.15) is 0 Å². The van der Waals surface area contributed by atoms with Gasteiger partial charge < -0.3 is 9.15 Å². The van der Waals surface area contributed by atoms with Gasteiger partial charge in [0, 0.05) is 10.4 Å². The first-order valence-electron chi connectivity index (χ1n) is 6.66. The van der Waals surface area contributed by atoms with E-state index in [0.717, 1.165) is 4.88 Å². The fourth-order valence-electron chi connectivity index (χ4n) is 1.91. The molecule has 0 radical (unpaired) electrons. The number of hydrogen-bond acceptors (Lipinski definition) is 6. The molecule has 118 valence electrons. The van der Waals surface area contributed by atoms with Crippen molar-refractivity contribution in [3.8, 4) is 17.2 Å². The van der Waals surface area contributed by atoms with Crippen LogP contribution in [-0.4, -0.2) is 23.2 Å². The molecule has 0 aliphatic rings. The Kier molecular flexibility index (Phi) is 4.59. The molecule has 0 aliphatic carbocycles. The van der Waals surface area contributed by atoms with Crippen molar-refractivity contribution < 1.29 is 13.9 Å². The lowest BCUT2D eigenvalue weighted by Gasteiger charge is -2.00. The van der Waals surface area contributed by atoms with Crippen LogP contribution >= 0.6 is 22.9 Å². The second-order valence-electron chi connectivity index (χ2n) is 4.58. The van der Waals surface area contributed by atoms with Crippen molar-refractivity contribution in [1.29, 1.82) is 0 Å². The van der Waals surface area contributed by atoms with Gasteiger partial charge >= 0.3 is 6.01 Å². The van der Waals surface area contributed by atoms with Gasteiger partial charge in [0.1, 0.15) is 5.75 Å². The molecule has 1 amide bonds. The van der Waals surface area contributed by atoms with Gasteiger partial charge in [0.15, 0.2) is 0 Å². The molecule has 6 nitrogen and oxygen atoms in total. The van der Waals surface area contributed by atoms with Gasteiger partial charge in [-0.15, -0.1) is 16.4 Å². The molecule has 1 aromatic carbocycles. The zero-order chi connectivity index (χ0) is 16.2. The predicted octanol–water partition coefficient (Wildman–Crippen LogP) is 3.64. The fraction of sp³-hybridized carbons (Fsp3) is 0.133. The number of halogens is 1. The highest BCUT2D eigenvalue weighted by Crippen LogP contribution is 2.24. The van der Waals surface area contributed by atoms with Crippen LogP contribution in [0.2, 0.25) is 4.34 Å². The van der Waals surface area contributed by atoms with Crippen molar-refractivity contribution in [1.82, 2.24) is 10.2 Å². The molecule has 0 saturated heterocycles. The van der Waals surface area contributed by atoms with E-state index in [4.69, 9.17) is 20.8 Å². The maximum atomic E-state index is 11.9. The van der Waals surface area contributed by atoms with Crippen LogP contribution in [0.15, 0.2) is 40.8 Å². The molecule has 0 atom stereocenters. The minimum absolute atomic E-state index is 0.0514. The largest absolute Gasteiger partial charge is 0.497 e. The normalized spacial score (nSPS) is 10.5. The first-order valence-corrected chi connectivity index (χ1v) is 7.85. The molecule has 0 bridgehead atoms. The van der Waals surface area contributed by atoms with Crippen molar-refractivity contribution >= 4 is 34.9 Å². The van der Waals surface area contributed by atoms with E-state index in [1.807, 2.05) is 24.3 Å². The van der Waals surface area contributed by atoms with Crippen molar-refractivity contribution in [3.63, 3.8) is 0 Å². The molecule has 0 spiro atoms. The summed E-state index contributed by atoms with van der Waals surface area (Å²) in [7, 11) is 1.58. The number of amides is 1. The van der Waals surface area contributed by atoms with Crippen LogP contribution in [0.4, 0.5) is 6.01 Å². The highest BCUT2D eigenvalue weighted by Gasteiger charge is 2.13. The Hall–Kier alpha value is -2.38. The van der Waals surface area contributed by atoms with E-state index < -0.39 is 0 Å². The van der Waals surface area contributed by atoms with Gasteiger partial charge in [-0.05, 0) is 30.3 Å². The van der Waals surface area contributed by atoms with E-state index in [9.17, 15) is 4.79 Å².